The molecule has 0 spiro atoms. The van der Waals surface area contributed by atoms with Gasteiger partial charge in [0.25, 0.3) is 5.56 Å². The van der Waals surface area contributed by atoms with Crippen LogP contribution in [0.4, 0.5) is 0 Å². The summed E-state index contributed by atoms with van der Waals surface area (Å²) < 4.78 is 1.84. The Labute approximate surface area is 225 Å². The van der Waals surface area contributed by atoms with E-state index in [4.69, 9.17) is 0 Å². The zero-order valence-corrected chi connectivity index (χ0v) is 21.1. The number of nitrogens with zero attached hydrogens (tertiary/aromatic N) is 1. The van der Waals surface area contributed by atoms with E-state index in [0.29, 0.717) is 0 Å². The van der Waals surface area contributed by atoms with E-state index < -0.39 is 0 Å². The van der Waals surface area contributed by atoms with Gasteiger partial charge in [-0.3, -0.25) is 9.36 Å². The second-order valence-corrected chi connectivity index (χ2v) is 10.1. The SMILES string of the molecule is O=c1c2ccccc2c2ccccc2n1-c1ccc(-c2c3ccccc3cc3c2ccc2ccccc23)cc1. The number of hydrogen-bond donors (Lipinski definition) is 0. The highest BCUT2D eigenvalue weighted by Crippen LogP contribution is 2.39. The summed E-state index contributed by atoms with van der Waals surface area (Å²) in [6.45, 7) is 0. The van der Waals surface area contributed by atoms with Crippen molar-refractivity contribution in [2.24, 2.45) is 0 Å². The lowest BCUT2D eigenvalue weighted by atomic mass is 9.90. The fraction of sp³-hybridized carbons (Fsp3) is 0. The van der Waals surface area contributed by atoms with Gasteiger partial charge in [0.2, 0.25) is 0 Å². The second-order valence-electron chi connectivity index (χ2n) is 10.1. The average Bonchev–Trinajstić information content (AvgIpc) is 3.00. The summed E-state index contributed by atoms with van der Waals surface area (Å²) in [5.41, 5.74) is 4.13. The largest absolute Gasteiger partial charge is 0.276 e. The molecule has 8 aromatic rings. The summed E-state index contributed by atoms with van der Waals surface area (Å²) >= 11 is 0. The molecule has 0 aliphatic heterocycles. The minimum Gasteiger partial charge on any atom is -0.276 e. The average molecular weight is 498 g/mol. The highest BCUT2D eigenvalue weighted by atomic mass is 16.1. The molecule has 0 aliphatic carbocycles. The second kappa shape index (κ2) is 8.41. The third-order valence-electron chi connectivity index (χ3n) is 7.98. The molecule has 1 heterocycles. The van der Waals surface area contributed by atoms with E-state index in [1.54, 1.807) is 0 Å². The van der Waals surface area contributed by atoms with Gasteiger partial charge in [0.15, 0.2) is 0 Å². The monoisotopic (exact) mass is 497 g/mol. The van der Waals surface area contributed by atoms with E-state index in [1.165, 1.54) is 37.9 Å². The lowest BCUT2D eigenvalue weighted by Crippen LogP contribution is -2.19. The van der Waals surface area contributed by atoms with Crippen LogP contribution in [0.5, 0.6) is 0 Å². The Balaban J connectivity index is 1.39. The van der Waals surface area contributed by atoms with Gasteiger partial charge in [-0.15, -0.1) is 0 Å². The van der Waals surface area contributed by atoms with Gasteiger partial charge in [-0.25, -0.2) is 0 Å². The zero-order valence-electron chi connectivity index (χ0n) is 21.1. The van der Waals surface area contributed by atoms with Gasteiger partial charge in [-0.1, -0.05) is 109 Å². The molecule has 2 heteroatoms. The molecule has 0 radical (unpaired) electrons. The molecular weight excluding hydrogens is 474 g/mol. The first-order chi connectivity index (χ1) is 19.3. The summed E-state index contributed by atoms with van der Waals surface area (Å²) in [5, 5.41) is 10.2. The van der Waals surface area contributed by atoms with Gasteiger partial charge >= 0.3 is 0 Å². The van der Waals surface area contributed by atoms with Crippen molar-refractivity contribution in [2.45, 2.75) is 0 Å². The molecule has 8 rings (SSSR count). The maximum Gasteiger partial charge on any atom is 0.263 e. The number of benzene rings is 7. The molecule has 182 valence electrons. The summed E-state index contributed by atoms with van der Waals surface area (Å²) in [6.07, 6.45) is 0. The number of aromatic nitrogens is 1. The normalized spacial score (nSPS) is 11.7. The van der Waals surface area contributed by atoms with Gasteiger partial charge < -0.3 is 0 Å². The van der Waals surface area contributed by atoms with Gasteiger partial charge in [-0.2, -0.15) is 0 Å². The summed E-state index contributed by atoms with van der Waals surface area (Å²) in [5.74, 6) is 0. The Morgan fingerprint density at radius 3 is 1.82 bits per heavy atom. The molecule has 0 saturated heterocycles. The van der Waals surface area contributed by atoms with Crippen molar-refractivity contribution in [1.29, 1.82) is 0 Å². The predicted molar refractivity (Wildman–Crippen MR) is 165 cm³/mol. The molecule has 2 nitrogen and oxygen atoms in total. The Morgan fingerprint density at radius 2 is 1.03 bits per heavy atom. The smallest absolute Gasteiger partial charge is 0.263 e. The molecule has 0 bridgehead atoms. The fourth-order valence-corrected chi connectivity index (χ4v) is 6.20. The van der Waals surface area contributed by atoms with Crippen molar-refractivity contribution in [1.82, 2.24) is 4.57 Å². The Bertz CT molecular complexity index is 2290. The van der Waals surface area contributed by atoms with Crippen LogP contribution < -0.4 is 5.56 Å². The van der Waals surface area contributed by atoms with E-state index in [1.807, 2.05) is 47.0 Å². The lowest BCUT2D eigenvalue weighted by molar-refractivity contribution is 1.06. The molecular formula is C37H23NO. The quantitative estimate of drug-likeness (QED) is 0.172. The molecule has 0 saturated carbocycles. The van der Waals surface area contributed by atoms with Crippen LogP contribution in [0.25, 0.3) is 70.8 Å². The van der Waals surface area contributed by atoms with Crippen molar-refractivity contribution < 1.29 is 0 Å². The minimum atomic E-state index is -0.000805. The first-order valence-electron chi connectivity index (χ1n) is 13.2. The van der Waals surface area contributed by atoms with Gasteiger partial charge in [0.1, 0.15) is 0 Å². The highest BCUT2D eigenvalue weighted by molar-refractivity contribution is 6.20. The van der Waals surface area contributed by atoms with Crippen molar-refractivity contribution in [3.05, 3.63) is 150 Å². The Kier molecular flexibility index (Phi) is 4.71. The van der Waals surface area contributed by atoms with E-state index in [0.717, 1.165) is 32.9 Å². The predicted octanol–water partition coefficient (Wildman–Crippen LogP) is 9.27. The van der Waals surface area contributed by atoms with Crippen molar-refractivity contribution >= 4 is 54.0 Å². The molecule has 1 aromatic heterocycles. The maximum absolute atomic E-state index is 13.7. The van der Waals surface area contributed by atoms with E-state index in [2.05, 4.69) is 97.1 Å². The standard InChI is InChI=1S/C37H23NO/c39-37-33-15-6-5-13-30(33)31-14-7-8-16-35(31)38(37)27-20-17-25(18-21-27)36-29-12-4-2-10-26(29)23-34-28-11-3-1-9-24(28)19-22-32(34)36/h1-23H. The topological polar surface area (TPSA) is 22.0 Å². The van der Waals surface area contributed by atoms with E-state index in [-0.39, 0.29) is 5.56 Å². The minimum absolute atomic E-state index is 0.000805. The van der Waals surface area contributed by atoms with Gasteiger partial charge in [0, 0.05) is 16.5 Å². The third-order valence-corrected chi connectivity index (χ3v) is 7.98. The van der Waals surface area contributed by atoms with E-state index in [9.17, 15) is 4.79 Å². The van der Waals surface area contributed by atoms with Crippen molar-refractivity contribution in [3.8, 4) is 16.8 Å². The van der Waals surface area contributed by atoms with Crippen LogP contribution in [0.1, 0.15) is 0 Å². The first kappa shape index (κ1) is 21.8. The lowest BCUT2D eigenvalue weighted by Gasteiger charge is -2.16. The maximum atomic E-state index is 13.7. The number of fused-ring (bicyclic) bond motifs is 7. The zero-order chi connectivity index (χ0) is 25.9. The highest BCUT2D eigenvalue weighted by Gasteiger charge is 2.14. The number of hydrogen-bond acceptors (Lipinski definition) is 1. The fourth-order valence-electron chi connectivity index (χ4n) is 6.20. The Morgan fingerprint density at radius 1 is 0.410 bits per heavy atom. The molecule has 39 heavy (non-hydrogen) atoms. The molecule has 0 unspecified atom stereocenters. The molecule has 0 atom stereocenters. The molecule has 0 amide bonds. The summed E-state index contributed by atoms with van der Waals surface area (Å²) in [6, 6.07) is 48.4. The first-order valence-corrected chi connectivity index (χ1v) is 13.2. The van der Waals surface area contributed by atoms with Gasteiger partial charge in [-0.05, 0) is 79.2 Å². The van der Waals surface area contributed by atoms with Crippen molar-refractivity contribution in [2.75, 3.05) is 0 Å². The molecule has 0 aliphatic rings. The van der Waals surface area contributed by atoms with Crippen LogP contribution in [-0.4, -0.2) is 4.57 Å². The Hall–Kier alpha value is -5.21. The number of pyridine rings is 1. The molecule has 7 aromatic carbocycles. The number of para-hydroxylation sites is 1. The number of rotatable bonds is 2. The van der Waals surface area contributed by atoms with Crippen molar-refractivity contribution in [3.63, 3.8) is 0 Å². The summed E-state index contributed by atoms with van der Waals surface area (Å²) in [7, 11) is 0. The van der Waals surface area contributed by atoms with Crippen LogP contribution in [0.15, 0.2) is 144 Å². The van der Waals surface area contributed by atoms with Crippen LogP contribution >= 0.6 is 0 Å². The summed E-state index contributed by atoms with van der Waals surface area (Å²) in [4.78, 5) is 13.7. The van der Waals surface area contributed by atoms with Gasteiger partial charge in [0.05, 0.1) is 5.52 Å². The molecule has 0 fully saturated rings. The van der Waals surface area contributed by atoms with E-state index >= 15 is 0 Å². The van der Waals surface area contributed by atoms with Crippen LogP contribution in [0.2, 0.25) is 0 Å². The molecule has 0 N–H and O–H groups in total. The third kappa shape index (κ3) is 3.25. The van der Waals surface area contributed by atoms with Crippen LogP contribution in [-0.2, 0) is 0 Å². The van der Waals surface area contributed by atoms with Crippen LogP contribution in [0.3, 0.4) is 0 Å². The van der Waals surface area contributed by atoms with Crippen LogP contribution in [0, 0.1) is 0 Å².